The first-order valence-corrected chi connectivity index (χ1v) is 27.8. The number of rotatable bonds is 14. The van der Waals surface area contributed by atoms with Crippen LogP contribution in [-0.2, 0) is 44.4 Å². The number of phosphoric acid groups is 3. The molecule has 0 saturated carbocycles. The fraction of sp³-hybridized carbons (Fsp3) is 0.595. The molecule has 0 aliphatic carbocycles. The third-order valence-electron chi connectivity index (χ3n) is 12.3. The highest BCUT2D eigenvalue weighted by atomic mass is 32.1. The van der Waals surface area contributed by atoms with Crippen LogP contribution in [0.3, 0.4) is 0 Å². The summed E-state index contributed by atoms with van der Waals surface area (Å²) in [5.41, 5.74) is 4.75. The van der Waals surface area contributed by atoms with Crippen molar-refractivity contribution < 1.29 is 56.3 Å². The van der Waals surface area contributed by atoms with Crippen LogP contribution in [0, 0.1) is 0 Å². The maximum Gasteiger partial charge on any atom is 0.490 e. The lowest BCUT2D eigenvalue weighted by molar-refractivity contribution is -0.0450. The van der Waals surface area contributed by atoms with Gasteiger partial charge in [-0.05, 0) is 115 Å². The van der Waals surface area contributed by atoms with Crippen LogP contribution in [0.1, 0.15) is 90.0 Å². The van der Waals surface area contributed by atoms with Crippen molar-refractivity contribution >= 4 is 69.3 Å². The van der Waals surface area contributed by atoms with Crippen molar-refractivity contribution in [2.75, 3.05) is 31.6 Å². The van der Waals surface area contributed by atoms with Crippen molar-refractivity contribution in [1.82, 2.24) is 25.5 Å². The molecule has 4 aliphatic rings. The van der Waals surface area contributed by atoms with Crippen LogP contribution in [0.15, 0.2) is 72.3 Å². The number of aliphatic hydroxyl groups is 1. The van der Waals surface area contributed by atoms with Gasteiger partial charge in [0.1, 0.15) is 12.3 Å². The van der Waals surface area contributed by atoms with Gasteiger partial charge in [-0.25, -0.2) is 18.5 Å². The predicted molar refractivity (Wildman–Crippen MR) is 268 cm³/mol. The Hall–Kier alpha value is -3.74. The summed E-state index contributed by atoms with van der Waals surface area (Å²) in [6.45, 7) is 9.41. The molecule has 1 aromatic heterocycles. The van der Waals surface area contributed by atoms with Crippen molar-refractivity contribution in [2.45, 2.75) is 134 Å². The minimum atomic E-state index is -5.77. The van der Waals surface area contributed by atoms with Gasteiger partial charge in [-0.1, -0.05) is 18.2 Å². The maximum absolute atomic E-state index is 12.7. The number of aliphatic hydroxyl groups excluding tert-OH is 1. The molecule has 4 bridgehead atoms. The second kappa shape index (κ2) is 24.8. The van der Waals surface area contributed by atoms with Gasteiger partial charge in [0.05, 0.1) is 38.4 Å². The fourth-order valence-corrected chi connectivity index (χ4v) is 11.8. The molecule has 10 atom stereocenters. The number of aromatic nitrogens is 2. The number of ether oxygens (including phenoxy) is 1. The highest BCUT2D eigenvalue weighted by molar-refractivity contribution is 7.80. The number of benzene rings is 1. The van der Waals surface area contributed by atoms with Gasteiger partial charge in [0, 0.05) is 70.9 Å². The van der Waals surface area contributed by atoms with E-state index in [9.17, 15) is 38.2 Å². The molecule has 3 fully saturated rings. The van der Waals surface area contributed by atoms with E-state index < -0.39 is 59.8 Å². The van der Waals surface area contributed by atoms with Gasteiger partial charge in [0.25, 0.3) is 5.56 Å². The topological polar surface area (TPSA) is 342 Å². The number of aliphatic imine (C=N–C) groups is 4. The summed E-state index contributed by atoms with van der Waals surface area (Å²) in [5, 5.41) is 24.5. The van der Waals surface area contributed by atoms with Crippen LogP contribution < -0.4 is 32.5 Å². The smallest absolute Gasteiger partial charge is 0.390 e. The molecule has 5 heterocycles. The van der Waals surface area contributed by atoms with Crippen LogP contribution in [0.5, 0.6) is 0 Å². The van der Waals surface area contributed by atoms with Crippen molar-refractivity contribution in [1.29, 1.82) is 0 Å². The Balaban J connectivity index is 1.03. The standard InChI is InChI=1S/C42H63N10O14P3S/c1-25-33-9-5-11-35(49-33)27(3)46-22-32(47-28(4)36-12-6-10-34(50-36)26(2)44-19-18-43-25)20-29-13-15-31(16-14-29)48-41(70)45-17-7-8-30-23-52(42(55)51-40(30)54)39-21-37(53)38(64-39)24-63-68(59,60)66-69(61,62)65-67(56,57)58/h7,13-17,23,32-39,49-50,53H,5-6,8-12,18-22,24H2,1-4H3,(H,59,60)(H,61,62)(H2,45,48,70)(H,51,54,55)(H2,56,57,58)/b17-7+,43-25?,44-26?,46-27?,47-28?/t32-,33?,34?,35?,36?,37+,38-,39-/m0/s1. The third kappa shape index (κ3) is 16.9. The molecular weight excluding hydrogens is 994 g/mol. The number of thiocarbonyl (C=S) groups is 1. The molecule has 24 nitrogen and oxygen atoms in total. The summed E-state index contributed by atoms with van der Waals surface area (Å²) in [5.74, 6) is 0. The summed E-state index contributed by atoms with van der Waals surface area (Å²) < 4.78 is 53.1. The molecule has 386 valence electrons. The first kappa shape index (κ1) is 55.6. The number of anilines is 1. The number of hydrogen-bond donors (Lipinski definition) is 10. The Morgan fingerprint density at radius 3 is 2.04 bits per heavy atom. The quantitative estimate of drug-likeness (QED) is 0.0958. The van der Waals surface area contributed by atoms with E-state index in [2.05, 4.69) is 67.1 Å². The fourth-order valence-electron chi connectivity index (χ4n) is 8.63. The average Bonchev–Trinajstić information content (AvgIpc) is 3.66. The third-order valence-corrected chi connectivity index (χ3v) is 16.3. The molecule has 6 rings (SSSR count). The van der Waals surface area contributed by atoms with E-state index in [1.54, 1.807) is 6.08 Å². The predicted octanol–water partition coefficient (Wildman–Crippen LogP) is 3.36. The van der Waals surface area contributed by atoms with Crippen LogP contribution >= 0.6 is 35.7 Å². The second-order valence-corrected chi connectivity index (χ2v) is 22.4. The van der Waals surface area contributed by atoms with Crippen LogP contribution in [-0.4, -0.2) is 131 Å². The van der Waals surface area contributed by atoms with Gasteiger partial charge in [-0.2, -0.15) is 8.62 Å². The molecule has 1 aromatic carbocycles. The maximum atomic E-state index is 12.7. The molecule has 10 N–H and O–H groups in total. The number of nitrogens with zero attached hydrogens (tertiary/aromatic N) is 5. The Morgan fingerprint density at radius 1 is 0.857 bits per heavy atom. The summed E-state index contributed by atoms with van der Waals surface area (Å²) in [4.78, 5) is 84.3. The Morgan fingerprint density at radius 2 is 1.44 bits per heavy atom. The molecule has 2 aromatic rings. The normalized spacial score (nSPS) is 28.0. The molecule has 6 unspecified atom stereocenters. The monoisotopic (exact) mass is 1060 g/mol. The summed E-state index contributed by atoms with van der Waals surface area (Å²) in [6, 6.07) is 8.59. The Bertz CT molecular complexity index is 2600. The van der Waals surface area contributed by atoms with E-state index in [-0.39, 0.29) is 53.7 Å². The number of phosphoric ester groups is 1. The van der Waals surface area contributed by atoms with Crippen molar-refractivity contribution in [2.24, 2.45) is 20.0 Å². The van der Waals surface area contributed by atoms with E-state index in [4.69, 9.17) is 46.7 Å². The molecule has 3 saturated heterocycles. The largest absolute Gasteiger partial charge is 0.490 e. The van der Waals surface area contributed by atoms with E-state index in [0.717, 1.165) is 77.2 Å². The number of fused-ring (bicyclic) bond motifs is 4. The molecule has 0 radical (unpaired) electrons. The Labute approximate surface area is 410 Å². The molecular formula is C42H63N10O14P3S. The van der Waals surface area contributed by atoms with E-state index in [1.807, 2.05) is 24.3 Å². The lowest BCUT2D eigenvalue weighted by Gasteiger charge is -2.32. The minimum absolute atomic E-state index is 0.0226. The average molecular weight is 1060 g/mol. The number of hydrogen-bond acceptors (Lipinski definition) is 17. The first-order valence-electron chi connectivity index (χ1n) is 22.9. The number of H-pyrrole nitrogens is 1. The lowest BCUT2D eigenvalue weighted by atomic mass is 9.93. The molecule has 0 amide bonds. The van der Waals surface area contributed by atoms with Gasteiger partial charge in [0.2, 0.25) is 0 Å². The number of piperidine rings is 2. The molecule has 0 spiro atoms. The number of allylic oxidation sites excluding steroid dienone is 1. The van der Waals surface area contributed by atoms with Crippen LogP contribution in [0.2, 0.25) is 0 Å². The zero-order chi connectivity index (χ0) is 50.8. The van der Waals surface area contributed by atoms with Gasteiger partial charge >= 0.3 is 29.2 Å². The van der Waals surface area contributed by atoms with Gasteiger partial charge in [-0.3, -0.25) is 38.8 Å². The first-order chi connectivity index (χ1) is 33.0. The molecule has 70 heavy (non-hydrogen) atoms. The summed E-state index contributed by atoms with van der Waals surface area (Å²) in [7, 11) is -16.9. The number of aromatic amines is 1. The highest BCUT2D eigenvalue weighted by Crippen LogP contribution is 2.66. The van der Waals surface area contributed by atoms with Crippen molar-refractivity contribution in [3.8, 4) is 0 Å². The van der Waals surface area contributed by atoms with Gasteiger partial charge < -0.3 is 50.7 Å². The zero-order valence-corrected chi connectivity index (χ0v) is 42.7. The zero-order valence-electron chi connectivity index (χ0n) is 39.2. The summed E-state index contributed by atoms with van der Waals surface area (Å²) in [6.07, 6.45) is 7.11. The SMILES string of the molecule is CC1=NCCN=C(C)C2CCCC(N2)C(C)=N[C@@H](Cc2ccc(NC(=S)N/C=C/Cc3cn([C@@H]4C[C@@H](O)[C@H](COP(=O)(O)OP(=O)(O)OP(=O)(O)O)O4)c(=O)[nH]c3=O)cc2)CN=C(C)C2CCCC1N2. The Kier molecular flexibility index (Phi) is 19.7. The number of nitrogens with one attached hydrogen (secondary N) is 5. The summed E-state index contributed by atoms with van der Waals surface area (Å²) >= 11 is 5.50. The van der Waals surface area contributed by atoms with Gasteiger partial charge in [0.15, 0.2) is 5.11 Å². The van der Waals surface area contributed by atoms with Crippen LogP contribution in [0.4, 0.5) is 5.69 Å². The van der Waals surface area contributed by atoms with Crippen molar-refractivity contribution in [3.63, 3.8) is 0 Å². The second-order valence-electron chi connectivity index (χ2n) is 17.6. The molecule has 4 aliphatic heterocycles. The highest BCUT2D eigenvalue weighted by Gasteiger charge is 2.43. The van der Waals surface area contributed by atoms with E-state index in [0.29, 0.717) is 26.1 Å². The lowest BCUT2D eigenvalue weighted by Crippen LogP contribution is -2.50. The van der Waals surface area contributed by atoms with E-state index in [1.165, 1.54) is 12.4 Å². The minimum Gasteiger partial charge on any atom is -0.390 e. The van der Waals surface area contributed by atoms with Crippen molar-refractivity contribution in [3.05, 3.63) is 74.7 Å². The van der Waals surface area contributed by atoms with Crippen LogP contribution in [0.25, 0.3) is 0 Å². The van der Waals surface area contributed by atoms with Gasteiger partial charge in [-0.15, -0.1) is 0 Å². The van der Waals surface area contributed by atoms with E-state index >= 15 is 0 Å². The molecule has 28 heteroatoms.